The maximum absolute atomic E-state index is 11.0. The second-order valence-electron chi connectivity index (χ2n) is 7.26. The molecule has 7 nitrogen and oxygen atoms in total. The fourth-order valence-corrected chi connectivity index (χ4v) is 3.73. The van der Waals surface area contributed by atoms with Crippen LogP contribution in [0.1, 0.15) is 18.4 Å². The Kier molecular flexibility index (Phi) is 5.16. The lowest BCUT2D eigenvalue weighted by atomic mass is 10.0. The number of hydrogen-bond donors (Lipinski definition) is 1. The zero-order valence-electron chi connectivity index (χ0n) is 16.1. The number of nitrogens with one attached hydrogen (secondary N) is 1. The van der Waals surface area contributed by atoms with E-state index in [-0.39, 0.29) is 0 Å². The first kappa shape index (κ1) is 18.3. The Labute approximate surface area is 163 Å². The zero-order chi connectivity index (χ0) is 19.5. The first-order valence-electron chi connectivity index (χ1n) is 9.43. The van der Waals surface area contributed by atoms with Crippen LogP contribution in [0.2, 0.25) is 0 Å². The summed E-state index contributed by atoms with van der Waals surface area (Å²) in [6, 6.07) is 9.83. The molecule has 0 unspecified atom stereocenters. The van der Waals surface area contributed by atoms with Gasteiger partial charge in [-0.25, -0.2) is 0 Å². The number of fused-ring (bicyclic) bond motifs is 1. The molecule has 0 spiro atoms. The van der Waals surface area contributed by atoms with Gasteiger partial charge in [-0.15, -0.1) is 10.2 Å². The summed E-state index contributed by atoms with van der Waals surface area (Å²) < 4.78 is 5.19. The molecule has 7 heteroatoms. The van der Waals surface area contributed by atoms with E-state index in [1.165, 1.54) is 0 Å². The highest BCUT2D eigenvalue weighted by Crippen LogP contribution is 2.35. The van der Waals surface area contributed by atoms with Gasteiger partial charge in [0.25, 0.3) is 6.47 Å². The van der Waals surface area contributed by atoms with Crippen molar-refractivity contribution >= 4 is 23.2 Å². The van der Waals surface area contributed by atoms with Gasteiger partial charge < -0.3 is 15.0 Å². The molecule has 1 atom stereocenters. The molecule has 0 amide bonds. The van der Waals surface area contributed by atoms with Gasteiger partial charge in [0.05, 0.1) is 0 Å². The number of pyridine rings is 1. The van der Waals surface area contributed by atoms with E-state index in [1.807, 2.05) is 37.3 Å². The highest BCUT2D eigenvalue weighted by atomic mass is 16.5. The first-order chi connectivity index (χ1) is 13.7. The number of aromatic nitrogens is 3. The van der Waals surface area contributed by atoms with E-state index in [9.17, 15) is 4.79 Å². The summed E-state index contributed by atoms with van der Waals surface area (Å²) in [6.45, 7) is 4.46. The van der Waals surface area contributed by atoms with E-state index in [1.54, 1.807) is 6.20 Å². The lowest BCUT2D eigenvalue weighted by Gasteiger charge is -2.30. The quantitative estimate of drug-likeness (QED) is 0.685. The van der Waals surface area contributed by atoms with Gasteiger partial charge in [-0.2, -0.15) is 0 Å². The van der Waals surface area contributed by atoms with Crippen LogP contribution >= 0.6 is 0 Å². The monoisotopic (exact) mass is 377 g/mol. The van der Waals surface area contributed by atoms with Crippen molar-refractivity contribution in [1.29, 1.82) is 0 Å². The molecule has 1 aromatic carbocycles. The molecule has 1 N–H and O–H groups in total. The second kappa shape index (κ2) is 7.90. The molecule has 3 heterocycles. The second-order valence-corrected chi connectivity index (χ2v) is 7.26. The van der Waals surface area contributed by atoms with E-state index in [2.05, 4.69) is 32.4 Å². The predicted molar refractivity (Wildman–Crippen MR) is 108 cm³/mol. The Bertz CT molecular complexity index is 1010. The molecule has 0 saturated carbocycles. The molecule has 4 rings (SSSR count). The third-order valence-electron chi connectivity index (χ3n) is 5.07. The minimum absolute atomic E-state index is 0.317. The number of hydrogen-bond acceptors (Lipinski definition) is 7. The number of piperidine rings is 1. The number of anilines is 1. The zero-order valence-corrected chi connectivity index (χ0v) is 16.1. The van der Waals surface area contributed by atoms with E-state index in [4.69, 9.17) is 4.74 Å². The lowest BCUT2D eigenvalue weighted by molar-refractivity contribution is -0.120. The number of carbonyl (C=O) groups excluding carboxylic acids is 1. The summed E-state index contributed by atoms with van der Waals surface area (Å²) in [4.78, 5) is 17.8. The Balaban J connectivity index is 1.77. The fraction of sp³-hybridized carbons (Fsp3) is 0.333. The van der Waals surface area contributed by atoms with Crippen molar-refractivity contribution in [3.63, 3.8) is 0 Å². The Morgan fingerprint density at radius 2 is 2.18 bits per heavy atom. The van der Waals surface area contributed by atoms with Crippen LogP contribution in [0.3, 0.4) is 0 Å². The number of nitrogens with zero attached hydrogens (tertiary/aromatic N) is 4. The molecule has 0 bridgehead atoms. The first-order valence-corrected chi connectivity index (χ1v) is 9.43. The van der Waals surface area contributed by atoms with E-state index in [0.717, 1.165) is 42.4 Å². The van der Waals surface area contributed by atoms with E-state index >= 15 is 0 Å². The molecule has 1 aliphatic heterocycles. The van der Waals surface area contributed by atoms with Gasteiger partial charge in [0, 0.05) is 29.7 Å². The SMILES string of the molecule is Cc1ccc(-c2nnc(N[C@@H]3CCCN(C)C3)c3ncccc23)c(OC=O)c1. The van der Waals surface area contributed by atoms with Crippen LogP contribution in [-0.4, -0.2) is 52.7 Å². The number of carbonyl (C=O) groups is 1. The van der Waals surface area contributed by atoms with Gasteiger partial charge in [-0.1, -0.05) is 6.07 Å². The van der Waals surface area contributed by atoms with E-state index < -0.39 is 0 Å². The summed E-state index contributed by atoms with van der Waals surface area (Å²) in [5.74, 6) is 1.15. The molecular formula is C21H23N5O2. The third kappa shape index (κ3) is 3.66. The summed E-state index contributed by atoms with van der Waals surface area (Å²) in [5, 5.41) is 13.3. The average Bonchev–Trinajstić information content (AvgIpc) is 2.69. The van der Waals surface area contributed by atoms with Gasteiger partial charge in [-0.3, -0.25) is 9.78 Å². The van der Waals surface area contributed by atoms with Gasteiger partial charge in [0.2, 0.25) is 0 Å². The fourth-order valence-electron chi connectivity index (χ4n) is 3.73. The normalized spacial score (nSPS) is 17.4. The van der Waals surface area contributed by atoms with Crippen molar-refractivity contribution in [2.45, 2.75) is 25.8 Å². The number of likely N-dealkylation sites (N-methyl/N-ethyl adjacent to an activating group) is 1. The van der Waals surface area contributed by atoms with Crippen molar-refractivity contribution < 1.29 is 9.53 Å². The average molecular weight is 377 g/mol. The molecule has 2 aromatic heterocycles. The molecule has 0 radical (unpaired) electrons. The number of rotatable bonds is 5. The summed E-state index contributed by atoms with van der Waals surface area (Å²) in [7, 11) is 2.13. The molecule has 1 fully saturated rings. The van der Waals surface area contributed by atoms with Crippen LogP contribution in [-0.2, 0) is 4.79 Å². The number of benzene rings is 1. The summed E-state index contributed by atoms with van der Waals surface area (Å²) in [5.41, 5.74) is 3.12. The van der Waals surface area contributed by atoms with Crippen LogP contribution in [0.4, 0.5) is 5.82 Å². The van der Waals surface area contributed by atoms with Crippen LogP contribution in [0.15, 0.2) is 36.5 Å². The minimum atomic E-state index is 0.317. The molecular weight excluding hydrogens is 354 g/mol. The maximum atomic E-state index is 11.0. The highest BCUT2D eigenvalue weighted by molar-refractivity contribution is 5.98. The molecule has 1 saturated heterocycles. The van der Waals surface area contributed by atoms with Crippen LogP contribution < -0.4 is 10.1 Å². The smallest absolute Gasteiger partial charge is 0.298 e. The lowest BCUT2D eigenvalue weighted by Crippen LogP contribution is -2.40. The number of aryl methyl sites for hydroxylation is 1. The standard InChI is InChI=1S/C21H23N5O2/c1-14-7-8-16(18(11-14)28-13-27)19-17-6-3-9-22-20(17)21(25-24-19)23-15-5-4-10-26(2)12-15/h3,6-9,11,13,15H,4-5,10,12H2,1-2H3,(H,23,25)/t15-/m1/s1. The topological polar surface area (TPSA) is 80.2 Å². The minimum Gasteiger partial charge on any atom is -0.428 e. The molecule has 3 aromatic rings. The molecule has 144 valence electrons. The van der Waals surface area contributed by atoms with Crippen LogP contribution in [0, 0.1) is 6.92 Å². The van der Waals surface area contributed by atoms with Crippen molar-refractivity contribution in [1.82, 2.24) is 20.1 Å². The largest absolute Gasteiger partial charge is 0.428 e. The van der Waals surface area contributed by atoms with Crippen molar-refractivity contribution in [3.05, 3.63) is 42.1 Å². The maximum Gasteiger partial charge on any atom is 0.298 e. The molecule has 1 aliphatic rings. The Morgan fingerprint density at radius 1 is 1.29 bits per heavy atom. The van der Waals surface area contributed by atoms with Gasteiger partial charge in [0.15, 0.2) is 5.82 Å². The Morgan fingerprint density at radius 3 is 3.00 bits per heavy atom. The summed E-state index contributed by atoms with van der Waals surface area (Å²) in [6.07, 6.45) is 4.00. The Hall–Kier alpha value is -3.06. The number of likely N-dealkylation sites (tertiary alicyclic amines) is 1. The van der Waals surface area contributed by atoms with Crippen LogP contribution in [0.25, 0.3) is 22.2 Å². The predicted octanol–water partition coefficient (Wildman–Crippen LogP) is 3.04. The third-order valence-corrected chi connectivity index (χ3v) is 5.07. The van der Waals surface area contributed by atoms with Crippen LogP contribution in [0.5, 0.6) is 5.75 Å². The van der Waals surface area contributed by atoms with Gasteiger partial charge in [-0.05, 0) is 63.2 Å². The molecule has 28 heavy (non-hydrogen) atoms. The summed E-state index contributed by atoms with van der Waals surface area (Å²) >= 11 is 0. The van der Waals surface area contributed by atoms with E-state index in [0.29, 0.717) is 35.3 Å². The van der Waals surface area contributed by atoms with Gasteiger partial charge >= 0.3 is 0 Å². The van der Waals surface area contributed by atoms with Crippen molar-refractivity contribution in [2.24, 2.45) is 0 Å². The van der Waals surface area contributed by atoms with Crippen molar-refractivity contribution in [2.75, 3.05) is 25.5 Å². The molecule has 0 aliphatic carbocycles. The highest BCUT2D eigenvalue weighted by Gasteiger charge is 2.21. The number of ether oxygens (including phenoxy) is 1. The van der Waals surface area contributed by atoms with Gasteiger partial charge in [0.1, 0.15) is 17.0 Å². The van der Waals surface area contributed by atoms with Crippen molar-refractivity contribution in [3.8, 4) is 17.0 Å².